The monoisotopic (exact) mass is 605 g/mol. The number of benzene rings is 2. The number of amides is 3. The summed E-state index contributed by atoms with van der Waals surface area (Å²) >= 11 is 6.56. The third-order valence-corrected chi connectivity index (χ3v) is 7.86. The lowest BCUT2D eigenvalue weighted by Crippen LogP contribution is -2.56. The van der Waals surface area contributed by atoms with Crippen LogP contribution in [-0.4, -0.2) is 46.9 Å². The summed E-state index contributed by atoms with van der Waals surface area (Å²) in [5, 5.41) is 20.2. The maximum absolute atomic E-state index is 14.7. The molecule has 5 rings (SSSR count). The third-order valence-electron chi connectivity index (χ3n) is 7.52. The van der Waals surface area contributed by atoms with Crippen molar-refractivity contribution in [3.05, 3.63) is 82.5 Å². The standard InChI is InChI=1S/C30H26ClF2N7O3/c31-21-5-2-1-4-19(21)27(28(42)38-18-13-30(32,33)14-18)40(23-7-3-6-22(36)20(23)16-35)29(43)24-8-9-26(41)39(24)25-12-17(15-34)10-11-37-25/h1-7,10-12,16,18,24,27,35H,8-9,13-14,36H2,(H,38,42). The Hall–Kier alpha value is -4.89. The van der Waals surface area contributed by atoms with Gasteiger partial charge in [0.1, 0.15) is 17.9 Å². The molecule has 2 fully saturated rings. The lowest BCUT2D eigenvalue weighted by atomic mass is 9.87. The number of pyridine rings is 1. The van der Waals surface area contributed by atoms with Crippen molar-refractivity contribution in [2.75, 3.05) is 15.5 Å². The molecule has 4 N–H and O–H groups in total. The molecule has 1 saturated heterocycles. The largest absolute Gasteiger partial charge is 0.398 e. The Labute approximate surface area is 250 Å². The van der Waals surface area contributed by atoms with Crippen molar-refractivity contribution in [2.24, 2.45) is 0 Å². The van der Waals surface area contributed by atoms with Crippen molar-refractivity contribution < 1.29 is 23.2 Å². The van der Waals surface area contributed by atoms with Gasteiger partial charge in [-0.25, -0.2) is 13.8 Å². The van der Waals surface area contributed by atoms with Crippen LogP contribution in [0.1, 0.15) is 48.4 Å². The molecule has 0 spiro atoms. The van der Waals surface area contributed by atoms with E-state index in [9.17, 15) is 28.4 Å². The molecule has 3 amide bonds. The average molecular weight is 606 g/mol. The normalized spacial score (nSPS) is 18.3. The van der Waals surface area contributed by atoms with Crippen LogP contribution in [0.2, 0.25) is 5.02 Å². The van der Waals surface area contributed by atoms with Crippen LogP contribution in [0.15, 0.2) is 60.8 Å². The molecule has 0 bridgehead atoms. The summed E-state index contributed by atoms with van der Waals surface area (Å²) in [6.45, 7) is 0. The van der Waals surface area contributed by atoms with Gasteiger partial charge >= 0.3 is 0 Å². The molecule has 1 aliphatic heterocycles. The Balaban J connectivity index is 1.66. The summed E-state index contributed by atoms with van der Waals surface area (Å²) in [5.74, 6) is -4.75. The molecule has 0 radical (unpaired) electrons. The first-order valence-electron chi connectivity index (χ1n) is 13.4. The highest BCUT2D eigenvalue weighted by Crippen LogP contribution is 2.40. The van der Waals surface area contributed by atoms with Crippen LogP contribution in [0.25, 0.3) is 0 Å². The van der Waals surface area contributed by atoms with Gasteiger partial charge in [0.25, 0.3) is 11.8 Å². The van der Waals surface area contributed by atoms with Gasteiger partial charge in [0.05, 0.1) is 17.3 Å². The molecule has 3 aromatic rings. The first kappa shape index (κ1) is 29.6. The topological polar surface area (TPSA) is 156 Å². The van der Waals surface area contributed by atoms with E-state index in [4.69, 9.17) is 22.7 Å². The number of hydrogen-bond donors (Lipinski definition) is 3. The second-order valence-corrected chi connectivity index (χ2v) is 10.8. The molecule has 1 aromatic heterocycles. The van der Waals surface area contributed by atoms with Crippen LogP contribution >= 0.6 is 11.6 Å². The highest BCUT2D eigenvalue weighted by atomic mass is 35.5. The molecule has 1 aliphatic carbocycles. The molecule has 13 heteroatoms. The maximum atomic E-state index is 14.7. The third kappa shape index (κ3) is 5.76. The molecule has 2 heterocycles. The van der Waals surface area contributed by atoms with Gasteiger partial charge in [0.2, 0.25) is 11.8 Å². The van der Waals surface area contributed by atoms with E-state index in [1.807, 2.05) is 6.07 Å². The molecule has 43 heavy (non-hydrogen) atoms. The average Bonchev–Trinajstić information content (AvgIpc) is 3.36. The Kier molecular flexibility index (Phi) is 8.10. The number of nitrogens with two attached hydrogens (primary N) is 1. The number of alkyl halides is 2. The molecule has 220 valence electrons. The highest BCUT2D eigenvalue weighted by molar-refractivity contribution is 6.32. The van der Waals surface area contributed by atoms with Crippen LogP contribution in [-0.2, 0) is 14.4 Å². The first-order valence-corrected chi connectivity index (χ1v) is 13.8. The van der Waals surface area contributed by atoms with Crippen molar-refractivity contribution in [1.82, 2.24) is 10.3 Å². The fraction of sp³-hybridized carbons (Fsp3) is 0.267. The Bertz CT molecular complexity index is 1650. The van der Waals surface area contributed by atoms with Crippen molar-refractivity contribution in [2.45, 2.75) is 49.7 Å². The molecule has 2 atom stereocenters. The summed E-state index contributed by atoms with van der Waals surface area (Å²) in [5.41, 5.74) is 6.94. The van der Waals surface area contributed by atoms with Gasteiger partial charge in [-0.1, -0.05) is 35.9 Å². The summed E-state index contributed by atoms with van der Waals surface area (Å²) in [6.07, 6.45) is 1.21. The predicted molar refractivity (Wildman–Crippen MR) is 156 cm³/mol. The number of anilines is 3. The number of nitrogens with one attached hydrogen (secondary N) is 2. The summed E-state index contributed by atoms with van der Waals surface area (Å²) in [7, 11) is 0. The zero-order chi connectivity index (χ0) is 30.9. The van der Waals surface area contributed by atoms with Crippen molar-refractivity contribution in [3.63, 3.8) is 0 Å². The van der Waals surface area contributed by atoms with Gasteiger partial charge in [-0.15, -0.1) is 0 Å². The lowest BCUT2D eigenvalue weighted by molar-refractivity contribution is -0.133. The molecule has 1 saturated carbocycles. The SMILES string of the molecule is N#Cc1ccnc(N2C(=O)CCC2C(=O)N(c2cccc(N)c2C=N)C(C(=O)NC2CC(F)(F)C2)c2ccccc2Cl)c1. The molecule has 2 unspecified atom stereocenters. The van der Waals surface area contributed by atoms with Gasteiger partial charge < -0.3 is 16.5 Å². The Morgan fingerprint density at radius 3 is 2.65 bits per heavy atom. The van der Waals surface area contributed by atoms with E-state index >= 15 is 0 Å². The van der Waals surface area contributed by atoms with Gasteiger partial charge in [0.15, 0.2) is 0 Å². The number of nitrogen functional groups attached to an aromatic ring is 1. The number of carbonyl (C=O) groups is 3. The number of aromatic nitrogens is 1. The van der Waals surface area contributed by atoms with E-state index in [-0.39, 0.29) is 51.7 Å². The van der Waals surface area contributed by atoms with Crippen LogP contribution in [0, 0.1) is 16.7 Å². The van der Waals surface area contributed by atoms with E-state index < -0.39 is 54.6 Å². The van der Waals surface area contributed by atoms with Gasteiger partial charge in [-0.2, -0.15) is 5.26 Å². The van der Waals surface area contributed by atoms with Crippen LogP contribution in [0.4, 0.5) is 26.0 Å². The van der Waals surface area contributed by atoms with E-state index in [1.165, 1.54) is 47.5 Å². The van der Waals surface area contributed by atoms with E-state index in [0.29, 0.717) is 0 Å². The minimum Gasteiger partial charge on any atom is -0.398 e. The van der Waals surface area contributed by atoms with E-state index in [1.54, 1.807) is 18.2 Å². The molecular weight excluding hydrogens is 580 g/mol. The minimum atomic E-state index is -2.91. The molecule has 2 aromatic carbocycles. The molecule has 10 nitrogen and oxygen atoms in total. The Morgan fingerprint density at radius 1 is 1.23 bits per heavy atom. The van der Waals surface area contributed by atoms with Gasteiger partial charge in [-0.3, -0.25) is 24.2 Å². The van der Waals surface area contributed by atoms with Crippen LogP contribution in [0.3, 0.4) is 0 Å². The Morgan fingerprint density at radius 2 is 1.98 bits per heavy atom. The maximum Gasteiger partial charge on any atom is 0.252 e. The number of rotatable bonds is 8. The number of nitriles is 1. The fourth-order valence-corrected chi connectivity index (χ4v) is 5.68. The quantitative estimate of drug-likeness (QED) is 0.256. The van der Waals surface area contributed by atoms with Crippen molar-refractivity contribution >= 4 is 52.7 Å². The minimum absolute atomic E-state index is 0.0167. The summed E-state index contributed by atoms with van der Waals surface area (Å²) in [4.78, 5) is 48.3. The van der Waals surface area contributed by atoms with Gasteiger partial charge in [-0.05, 0) is 36.8 Å². The van der Waals surface area contributed by atoms with E-state index in [2.05, 4.69) is 10.3 Å². The van der Waals surface area contributed by atoms with Crippen LogP contribution < -0.4 is 20.9 Å². The number of halogens is 3. The smallest absolute Gasteiger partial charge is 0.252 e. The summed E-state index contributed by atoms with van der Waals surface area (Å²) < 4.78 is 27.4. The van der Waals surface area contributed by atoms with Crippen molar-refractivity contribution in [3.8, 4) is 6.07 Å². The summed E-state index contributed by atoms with van der Waals surface area (Å²) in [6, 6.07) is 12.2. The molecule has 2 aliphatic rings. The predicted octanol–water partition coefficient (Wildman–Crippen LogP) is 4.37. The highest BCUT2D eigenvalue weighted by Gasteiger charge is 2.49. The second-order valence-electron chi connectivity index (χ2n) is 10.4. The number of hydrogen-bond acceptors (Lipinski definition) is 7. The fourth-order valence-electron chi connectivity index (χ4n) is 5.45. The zero-order valence-corrected chi connectivity index (χ0v) is 23.4. The lowest BCUT2D eigenvalue weighted by Gasteiger charge is -2.39. The zero-order valence-electron chi connectivity index (χ0n) is 22.6. The second kappa shape index (κ2) is 11.8. The number of carbonyl (C=O) groups excluding carboxylic acids is 3. The van der Waals surface area contributed by atoms with Crippen LogP contribution in [0.5, 0.6) is 0 Å². The molecular formula is C30H26ClF2N7O3. The number of nitrogens with zero attached hydrogens (tertiary/aromatic N) is 4. The van der Waals surface area contributed by atoms with E-state index in [0.717, 1.165) is 11.1 Å². The first-order chi connectivity index (χ1) is 20.5. The van der Waals surface area contributed by atoms with Gasteiger partial charge in [0, 0.05) is 59.6 Å². The van der Waals surface area contributed by atoms with Crippen molar-refractivity contribution in [1.29, 1.82) is 10.7 Å².